The molecule has 0 atom stereocenters. The van der Waals surface area contributed by atoms with Crippen LogP contribution in [-0.4, -0.2) is 47.9 Å². The summed E-state index contributed by atoms with van der Waals surface area (Å²) in [5.74, 6) is 0.186. The van der Waals surface area contributed by atoms with Gasteiger partial charge in [-0.3, -0.25) is 9.78 Å². The third-order valence-electron chi connectivity index (χ3n) is 5.59. The molecule has 0 N–H and O–H groups in total. The van der Waals surface area contributed by atoms with Gasteiger partial charge in [-0.25, -0.2) is 0 Å². The number of carbonyl (C=O) groups excluding carboxylic acids is 1. The van der Waals surface area contributed by atoms with Crippen LogP contribution in [0.3, 0.4) is 0 Å². The standard InChI is InChI=1S/C20H22N2O3/c23-19(22-9-7-20(8-10-22)24-11-12-25-20)16-13-18(14-5-6-14)21-17-4-2-1-3-15(16)17/h1-4,13-14H,5-12H2. The molecule has 2 aromatic rings. The molecule has 5 nitrogen and oxygen atoms in total. The molecule has 1 saturated carbocycles. The van der Waals surface area contributed by atoms with Crippen LogP contribution < -0.4 is 0 Å². The number of benzene rings is 1. The number of hydrogen-bond donors (Lipinski definition) is 0. The van der Waals surface area contributed by atoms with Gasteiger partial charge in [0.05, 0.1) is 24.3 Å². The van der Waals surface area contributed by atoms with Crippen molar-refractivity contribution in [2.24, 2.45) is 0 Å². The topological polar surface area (TPSA) is 51.7 Å². The lowest BCUT2D eigenvalue weighted by Gasteiger charge is -2.37. The summed E-state index contributed by atoms with van der Waals surface area (Å²) in [4.78, 5) is 19.9. The molecule has 1 aromatic carbocycles. The van der Waals surface area contributed by atoms with Crippen LogP contribution in [-0.2, 0) is 9.47 Å². The van der Waals surface area contributed by atoms with Crippen molar-refractivity contribution in [3.05, 3.63) is 41.6 Å². The molecular formula is C20H22N2O3. The van der Waals surface area contributed by atoms with Crippen LogP contribution in [0.2, 0.25) is 0 Å². The highest BCUT2D eigenvalue weighted by Gasteiger charge is 2.41. The number of para-hydroxylation sites is 1. The lowest BCUT2D eigenvalue weighted by molar-refractivity contribution is -0.181. The van der Waals surface area contributed by atoms with Crippen molar-refractivity contribution in [1.29, 1.82) is 0 Å². The normalized spacial score (nSPS) is 22.6. The lowest BCUT2D eigenvalue weighted by Crippen LogP contribution is -2.47. The van der Waals surface area contributed by atoms with Crippen LogP contribution in [0, 0.1) is 0 Å². The predicted octanol–water partition coefficient (Wildman–Crippen LogP) is 3.09. The smallest absolute Gasteiger partial charge is 0.254 e. The van der Waals surface area contributed by atoms with Crippen molar-refractivity contribution < 1.29 is 14.3 Å². The van der Waals surface area contributed by atoms with Crippen LogP contribution in [0.4, 0.5) is 0 Å². The van der Waals surface area contributed by atoms with Gasteiger partial charge in [0.15, 0.2) is 5.79 Å². The molecule has 3 aliphatic rings. The monoisotopic (exact) mass is 338 g/mol. The van der Waals surface area contributed by atoms with Gasteiger partial charge in [0.2, 0.25) is 0 Å². The minimum absolute atomic E-state index is 0.105. The van der Waals surface area contributed by atoms with E-state index in [-0.39, 0.29) is 5.91 Å². The Morgan fingerprint density at radius 1 is 1.12 bits per heavy atom. The van der Waals surface area contributed by atoms with Crippen molar-refractivity contribution in [2.45, 2.75) is 37.4 Å². The van der Waals surface area contributed by atoms with E-state index in [0.29, 0.717) is 32.2 Å². The number of aromatic nitrogens is 1. The lowest BCUT2D eigenvalue weighted by atomic mass is 10.0. The van der Waals surface area contributed by atoms with Crippen molar-refractivity contribution in [1.82, 2.24) is 9.88 Å². The van der Waals surface area contributed by atoms with Gasteiger partial charge in [0.1, 0.15) is 0 Å². The fourth-order valence-corrected chi connectivity index (χ4v) is 3.97. The summed E-state index contributed by atoms with van der Waals surface area (Å²) < 4.78 is 11.5. The maximum atomic E-state index is 13.2. The zero-order chi connectivity index (χ0) is 16.9. The minimum atomic E-state index is -0.448. The van der Waals surface area contributed by atoms with Gasteiger partial charge in [0.25, 0.3) is 5.91 Å². The zero-order valence-corrected chi connectivity index (χ0v) is 14.2. The maximum Gasteiger partial charge on any atom is 0.254 e. The first kappa shape index (κ1) is 15.3. The van der Waals surface area contributed by atoms with E-state index >= 15 is 0 Å². The third-order valence-corrected chi connectivity index (χ3v) is 5.59. The highest BCUT2D eigenvalue weighted by atomic mass is 16.7. The van der Waals surface area contributed by atoms with E-state index in [0.717, 1.165) is 35.0 Å². The summed E-state index contributed by atoms with van der Waals surface area (Å²) in [5, 5.41) is 0.950. The second-order valence-corrected chi connectivity index (χ2v) is 7.29. The molecule has 5 heteroatoms. The fourth-order valence-electron chi connectivity index (χ4n) is 3.97. The molecule has 3 fully saturated rings. The summed E-state index contributed by atoms with van der Waals surface area (Å²) in [5.41, 5.74) is 2.78. The highest BCUT2D eigenvalue weighted by Crippen LogP contribution is 2.40. The molecule has 0 bridgehead atoms. The van der Waals surface area contributed by atoms with Crippen LogP contribution in [0.25, 0.3) is 10.9 Å². The number of piperidine rings is 1. The quantitative estimate of drug-likeness (QED) is 0.844. The SMILES string of the molecule is O=C(c1cc(C2CC2)nc2ccccc12)N1CCC2(CC1)OCCO2. The summed E-state index contributed by atoms with van der Waals surface area (Å²) in [7, 11) is 0. The van der Waals surface area contributed by atoms with Gasteiger partial charge >= 0.3 is 0 Å². The average Bonchev–Trinajstić information content (AvgIpc) is 3.42. The van der Waals surface area contributed by atoms with Gasteiger partial charge in [-0.05, 0) is 25.0 Å². The molecule has 0 unspecified atom stereocenters. The molecule has 1 aromatic heterocycles. The Hall–Kier alpha value is -1.98. The van der Waals surface area contributed by atoms with E-state index in [1.54, 1.807) is 0 Å². The predicted molar refractivity (Wildman–Crippen MR) is 93.5 cm³/mol. The Labute approximate surface area is 146 Å². The van der Waals surface area contributed by atoms with Gasteiger partial charge < -0.3 is 14.4 Å². The Kier molecular flexibility index (Phi) is 3.54. The number of fused-ring (bicyclic) bond motifs is 1. The van der Waals surface area contributed by atoms with Crippen LogP contribution in [0.15, 0.2) is 30.3 Å². The van der Waals surface area contributed by atoms with E-state index in [2.05, 4.69) is 0 Å². The number of rotatable bonds is 2. The Morgan fingerprint density at radius 2 is 1.84 bits per heavy atom. The number of ether oxygens (including phenoxy) is 2. The highest BCUT2D eigenvalue weighted by molar-refractivity contribution is 6.06. The molecule has 0 radical (unpaired) electrons. The Bertz CT molecular complexity index is 815. The van der Waals surface area contributed by atoms with Crippen molar-refractivity contribution in [3.8, 4) is 0 Å². The molecule has 2 saturated heterocycles. The van der Waals surface area contributed by atoms with E-state index in [1.165, 1.54) is 12.8 Å². The molecule has 1 amide bonds. The molecule has 2 aliphatic heterocycles. The van der Waals surface area contributed by atoms with Crippen LogP contribution in [0.5, 0.6) is 0 Å². The maximum absolute atomic E-state index is 13.2. The van der Waals surface area contributed by atoms with E-state index < -0.39 is 5.79 Å². The molecule has 1 spiro atoms. The largest absolute Gasteiger partial charge is 0.347 e. The zero-order valence-electron chi connectivity index (χ0n) is 14.2. The molecule has 130 valence electrons. The summed E-state index contributed by atoms with van der Waals surface area (Å²) in [6.07, 6.45) is 3.86. The van der Waals surface area contributed by atoms with Gasteiger partial charge in [-0.1, -0.05) is 18.2 Å². The van der Waals surface area contributed by atoms with Crippen molar-refractivity contribution in [3.63, 3.8) is 0 Å². The number of likely N-dealkylation sites (tertiary alicyclic amines) is 1. The summed E-state index contributed by atoms with van der Waals surface area (Å²) in [6, 6.07) is 9.99. The van der Waals surface area contributed by atoms with E-state index in [9.17, 15) is 4.79 Å². The summed E-state index contributed by atoms with van der Waals surface area (Å²) >= 11 is 0. The second kappa shape index (κ2) is 5.78. The number of amides is 1. The minimum Gasteiger partial charge on any atom is -0.347 e. The number of nitrogens with zero attached hydrogens (tertiary/aromatic N) is 2. The van der Waals surface area contributed by atoms with Gasteiger partial charge in [0, 0.05) is 42.9 Å². The van der Waals surface area contributed by atoms with E-state index in [4.69, 9.17) is 14.5 Å². The average molecular weight is 338 g/mol. The molecule has 1 aliphatic carbocycles. The second-order valence-electron chi connectivity index (χ2n) is 7.29. The molecule has 25 heavy (non-hydrogen) atoms. The first-order valence-electron chi connectivity index (χ1n) is 9.21. The molecule has 3 heterocycles. The molecule has 5 rings (SSSR count). The van der Waals surface area contributed by atoms with Gasteiger partial charge in [-0.2, -0.15) is 0 Å². The number of pyridine rings is 1. The van der Waals surface area contributed by atoms with Crippen LogP contribution >= 0.6 is 0 Å². The molecular weight excluding hydrogens is 316 g/mol. The van der Waals surface area contributed by atoms with Gasteiger partial charge in [-0.15, -0.1) is 0 Å². The van der Waals surface area contributed by atoms with Crippen molar-refractivity contribution in [2.75, 3.05) is 26.3 Å². The number of carbonyl (C=O) groups is 1. The third kappa shape index (κ3) is 2.71. The van der Waals surface area contributed by atoms with E-state index in [1.807, 2.05) is 35.2 Å². The van der Waals surface area contributed by atoms with Crippen molar-refractivity contribution >= 4 is 16.8 Å². The first-order valence-corrected chi connectivity index (χ1v) is 9.21. The number of hydrogen-bond acceptors (Lipinski definition) is 4. The fraction of sp³-hybridized carbons (Fsp3) is 0.500. The first-order chi connectivity index (χ1) is 12.2. The Morgan fingerprint density at radius 3 is 2.56 bits per heavy atom. The Balaban J connectivity index is 1.45. The summed E-state index contributed by atoms with van der Waals surface area (Å²) in [6.45, 7) is 2.67. The van der Waals surface area contributed by atoms with Crippen LogP contribution in [0.1, 0.15) is 47.7 Å².